The van der Waals surface area contributed by atoms with Crippen molar-refractivity contribution in [2.75, 3.05) is 6.54 Å². The van der Waals surface area contributed by atoms with Crippen LogP contribution in [0.1, 0.15) is 44.1 Å². The van der Waals surface area contributed by atoms with E-state index in [1.807, 2.05) is 4.90 Å². The number of fused-ring (bicyclic) bond motifs is 3. The summed E-state index contributed by atoms with van der Waals surface area (Å²) in [5.41, 5.74) is 0.590. The topological polar surface area (TPSA) is 76.0 Å². The summed E-state index contributed by atoms with van der Waals surface area (Å²) in [7, 11) is -3.68. The lowest BCUT2D eigenvalue weighted by Gasteiger charge is -2.28. The van der Waals surface area contributed by atoms with Gasteiger partial charge in [-0.25, -0.2) is 4.79 Å². The van der Waals surface area contributed by atoms with Gasteiger partial charge in [0.05, 0.1) is 0 Å². The molecule has 2 saturated carbocycles. The average molecular weight is 374 g/mol. The molecule has 0 unspecified atom stereocenters. The van der Waals surface area contributed by atoms with Crippen molar-refractivity contribution in [1.29, 1.82) is 0 Å². The zero-order chi connectivity index (χ0) is 17.9. The lowest BCUT2D eigenvalue weighted by atomic mass is 9.97. The Morgan fingerprint density at radius 1 is 1.15 bits per heavy atom. The second-order valence-corrected chi connectivity index (χ2v) is 9.46. The van der Waals surface area contributed by atoms with Gasteiger partial charge < -0.3 is 9.64 Å². The number of esters is 1. The third-order valence-electron chi connectivity index (χ3n) is 6.35. The van der Waals surface area contributed by atoms with Crippen molar-refractivity contribution in [3.63, 3.8) is 0 Å². The van der Waals surface area contributed by atoms with Crippen LogP contribution >= 0.6 is 0 Å². The summed E-state index contributed by atoms with van der Waals surface area (Å²) in [4.78, 5) is 14.9. The van der Waals surface area contributed by atoms with E-state index in [1.165, 1.54) is 12.8 Å². The molecule has 1 aromatic rings. The normalized spacial score (nSPS) is 34.0. The van der Waals surface area contributed by atoms with Gasteiger partial charge in [-0.3, -0.25) is 0 Å². The predicted octanol–water partition coefficient (Wildman–Crippen LogP) is 2.33. The molecule has 0 amide bonds. The first-order valence-corrected chi connectivity index (χ1v) is 10.9. The van der Waals surface area contributed by atoms with Crippen LogP contribution in [0.5, 0.6) is 0 Å². The molecule has 0 spiro atoms. The minimum atomic E-state index is -3.68. The van der Waals surface area contributed by atoms with Crippen LogP contribution in [-0.2, 0) is 19.6 Å². The lowest BCUT2D eigenvalue weighted by molar-refractivity contribution is -0.155. The molecule has 0 N–H and O–H groups in total. The van der Waals surface area contributed by atoms with Crippen molar-refractivity contribution >= 4 is 21.8 Å². The Kier molecular flexibility index (Phi) is 3.64. The van der Waals surface area contributed by atoms with E-state index in [9.17, 15) is 13.2 Å². The van der Waals surface area contributed by atoms with E-state index < -0.39 is 16.1 Å². The number of likely N-dealkylation sites (tertiary alicyclic amines) is 1. The van der Waals surface area contributed by atoms with E-state index in [1.54, 1.807) is 24.3 Å². The molecule has 2 bridgehead atoms. The van der Waals surface area contributed by atoms with Gasteiger partial charge in [-0.05, 0) is 62.5 Å². The maximum absolute atomic E-state index is 12.8. The molecule has 7 heteroatoms. The Balaban J connectivity index is 1.39. The molecular formula is C19H22N2O4S. The second kappa shape index (κ2) is 5.81. The standard InChI is InChI=1S/C19H22N2O4S/c22-19(25-16-11-12-7-8-13(16)10-12)15-5-3-9-21(15)18-14-4-1-2-6-17(14)26(23,24)20-18/h1-2,4,6,12-13,15-16H,3,5,7-11H2/t12-,13-,15-,16+/m0/s1. The monoisotopic (exact) mass is 374 g/mol. The van der Waals surface area contributed by atoms with Gasteiger partial charge in [-0.15, -0.1) is 4.40 Å². The number of benzene rings is 1. The van der Waals surface area contributed by atoms with Gasteiger partial charge in [0.2, 0.25) is 0 Å². The molecule has 0 radical (unpaired) electrons. The van der Waals surface area contributed by atoms with E-state index in [4.69, 9.17) is 4.74 Å². The SMILES string of the molecule is O=C(O[C@@H]1C[C@H]2CC[C@H]1C2)[C@@H]1CCCN1C1=NS(=O)(=O)c2ccccc21. The molecule has 4 aliphatic rings. The Hall–Kier alpha value is -1.89. The molecule has 1 aromatic carbocycles. The van der Waals surface area contributed by atoms with Crippen LogP contribution in [0.15, 0.2) is 33.6 Å². The number of hydrogen-bond donors (Lipinski definition) is 0. The van der Waals surface area contributed by atoms with Gasteiger partial charge in [0, 0.05) is 12.1 Å². The van der Waals surface area contributed by atoms with E-state index in [-0.39, 0.29) is 17.0 Å². The molecule has 2 aliphatic carbocycles. The van der Waals surface area contributed by atoms with Crippen molar-refractivity contribution < 1.29 is 17.9 Å². The molecule has 3 fully saturated rings. The number of sulfonamides is 1. The van der Waals surface area contributed by atoms with E-state index in [0.29, 0.717) is 36.2 Å². The molecule has 2 heterocycles. The zero-order valence-corrected chi connectivity index (χ0v) is 15.3. The number of carbonyl (C=O) groups excluding carboxylic acids is 1. The van der Waals surface area contributed by atoms with Gasteiger partial charge in [-0.1, -0.05) is 12.1 Å². The lowest BCUT2D eigenvalue weighted by Crippen LogP contribution is -2.43. The van der Waals surface area contributed by atoms with Crippen LogP contribution in [-0.4, -0.2) is 43.8 Å². The quantitative estimate of drug-likeness (QED) is 0.743. The first-order valence-electron chi connectivity index (χ1n) is 9.44. The minimum absolute atomic E-state index is 0.0465. The number of rotatable bonds is 2. The highest BCUT2D eigenvalue weighted by molar-refractivity contribution is 7.90. The maximum atomic E-state index is 12.8. The first-order chi connectivity index (χ1) is 12.5. The fourth-order valence-electron chi connectivity index (χ4n) is 5.12. The number of nitrogens with zero attached hydrogens (tertiary/aromatic N) is 2. The van der Waals surface area contributed by atoms with Crippen LogP contribution in [0.3, 0.4) is 0 Å². The summed E-state index contributed by atoms with van der Waals surface area (Å²) in [5.74, 6) is 1.41. The average Bonchev–Trinajstić information content (AvgIpc) is 3.38. The minimum Gasteiger partial charge on any atom is -0.461 e. The van der Waals surface area contributed by atoms with Crippen molar-refractivity contribution in [1.82, 2.24) is 4.90 Å². The van der Waals surface area contributed by atoms with Crippen molar-refractivity contribution in [2.45, 2.75) is 55.6 Å². The van der Waals surface area contributed by atoms with Crippen LogP contribution in [0.25, 0.3) is 0 Å². The highest BCUT2D eigenvalue weighted by Gasteiger charge is 2.45. The molecule has 138 valence electrons. The molecule has 26 heavy (non-hydrogen) atoms. The van der Waals surface area contributed by atoms with E-state index in [0.717, 1.165) is 19.3 Å². The fourth-order valence-corrected chi connectivity index (χ4v) is 6.34. The van der Waals surface area contributed by atoms with Crippen molar-refractivity contribution in [2.24, 2.45) is 16.2 Å². The maximum Gasteiger partial charge on any atom is 0.329 e. The summed E-state index contributed by atoms with van der Waals surface area (Å²) >= 11 is 0. The highest BCUT2D eigenvalue weighted by atomic mass is 32.2. The number of carbonyl (C=O) groups is 1. The molecule has 1 saturated heterocycles. The van der Waals surface area contributed by atoms with Crippen molar-refractivity contribution in [3.05, 3.63) is 29.8 Å². The van der Waals surface area contributed by atoms with E-state index in [2.05, 4.69) is 4.40 Å². The van der Waals surface area contributed by atoms with Crippen LogP contribution in [0, 0.1) is 11.8 Å². The van der Waals surface area contributed by atoms with Gasteiger partial charge >= 0.3 is 5.97 Å². The Bertz CT molecular complexity index is 895. The third-order valence-corrected chi connectivity index (χ3v) is 7.68. The van der Waals surface area contributed by atoms with Crippen LogP contribution < -0.4 is 0 Å². The zero-order valence-electron chi connectivity index (χ0n) is 14.5. The summed E-state index contributed by atoms with van der Waals surface area (Å²) in [6.07, 6.45) is 6.16. The van der Waals surface area contributed by atoms with Crippen LogP contribution in [0.4, 0.5) is 0 Å². The highest BCUT2D eigenvalue weighted by Crippen LogP contribution is 2.46. The molecule has 4 atom stereocenters. The Labute approximate surface area is 153 Å². The number of amidine groups is 1. The predicted molar refractivity (Wildman–Crippen MR) is 95.2 cm³/mol. The summed E-state index contributed by atoms with van der Waals surface area (Å²) in [6.45, 7) is 0.624. The van der Waals surface area contributed by atoms with Gasteiger partial charge in [0.15, 0.2) is 5.84 Å². The molecular weight excluding hydrogens is 352 g/mol. The first kappa shape index (κ1) is 16.3. The fraction of sp³-hybridized carbons (Fsp3) is 0.579. The molecule has 6 nitrogen and oxygen atoms in total. The van der Waals surface area contributed by atoms with Crippen molar-refractivity contribution in [3.8, 4) is 0 Å². The second-order valence-electron chi connectivity index (χ2n) is 7.89. The van der Waals surface area contributed by atoms with Crippen LogP contribution in [0.2, 0.25) is 0 Å². The third kappa shape index (κ3) is 2.47. The largest absolute Gasteiger partial charge is 0.461 e. The summed E-state index contributed by atoms with van der Waals surface area (Å²) in [6, 6.07) is 6.39. The Morgan fingerprint density at radius 2 is 2.00 bits per heavy atom. The summed E-state index contributed by atoms with van der Waals surface area (Å²) in [5, 5.41) is 0. The van der Waals surface area contributed by atoms with E-state index >= 15 is 0 Å². The number of ether oxygens (including phenoxy) is 1. The van der Waals surface area contributed by atoms with Gasteiger partial charge in [-0.2, -0.15) is 8.42 Å². The summed E-state index contributed by atoms with van der Waals surface area (Å²) < 4.78 is 34.5. The van der Waals surface area contributed by atoms with Gasteiger partial charge in [0.25, 0.3) is 10.0 Å². The number of hydrogen-bond acceptors (Lipinski definition) is 5. The molecule has 0 aromatic heterocycles. The molecule has 2 aliphatic heterocycles. The molecule has 5 rings (SSSR count). The van der Waals surface area contributed by atoms with Gasteiger partial charge in [0.1, 0.15) is 17.0 Å². The smallest absolute Gasteiger partial charge is 0.329 e. The Morgan fingerprint density at radius 3 is 2.77 bits per heavy atom.